The van der Waals surface area contributed by atoms with Crippen LogP contribution < -0.4 is 5.32 Å². The van der Waals surface area contributed by atoms with Crippen molar-refractivity contribution in [3.63, 3.8) is 0 Å². The average Bonchev–Trinajstić information content (AvgIpc) is 3.16. The van der Waals surface area contributed by atoms with Crippen molar-refractivity contribution in [3.05, 3.63) is 30.1 Å². The highest BCUT2D eigenvalue weighted by Gasteiger charge is 2.35. The monoisotopic (exact) mass is 331 g/mol. The lowest BCUT2D eigenvalue weighted by Crippen LogP contribution is -2.54. The van der Waals surface area contributed by atoms with Gasteiger partial charge in [0.1, 0.15) is 0 Å². The summed E-state index contributed by atoms with van der Waals surface area (Å²) in [4.78, 5) is 30.7. The van der Waals surface area contributed by atoms with E-state index in [1.807, 2.05) is 4.90 Å². The van der Waals surface area contributed by atoms with E-state index in [2.05, 4.69) is 10.3 Å². The highest BCUT2D eigenvalue weighted by molar-refractivity contribution is 5.94. The van der Waals surface area contributed by atoms with Gasteiger partial charge < -0.3 is 15.3 Å². The van der Waals surface area contributed by atoms with Crippen LogP contribution in [0.3, 0.4) is 0 Å². The Morgan fingerprint density at radius 3 is 2.75 bits per heavy atom. The van der Waals surface area contributed by atoms with Gasteiger partial charge in [-0.1, -0.05) is 12.8 Å². The van der Waals surface area contributed by atoms with Gasteiger partial charge in [-0.2, -0.15) is 0 Å². The molecule has 1 aromatic rings. The van der Waals surface area contributed by atoms with Crippen LogP contribution in [0.25, 0.3) is 0 Å². The van der Waals surface area contributed by atoms with E-state index in [0.717, 1.165) is 25.7 Å². The lowest BCUT2D eigenvalue weighted by Gasteiger charge is -2.39. The van der Waals surface area contributed by atoms with Gasteiger partial charge in [0.2, 0.25) is 5.91 Å². The summed E-state index contributed by atoms with van der Waals surface area (Å²) in [5.74, 6) is 0.0840. The molecular formula is C18H25N3O3. The van der Waals surface area contributed by atoms with Crippen LogP contribution in [0.15, 0.2) is 24.5 Å². The maximum atomic E-state index is 12.6. The van der Waals surface area contributed by atoms with Crippen molar-refractivity contribution in [1.29, 1.82) is 0 Å². The summed E-state index contributed by atoms with van der Waals surface area (Å²) in [5.41, 5.74) is 0.513. The van der Waals surface area contributed by atoms with E-state index < -0.39 is 0 Å². The van der Waals surface area contributed by atoms with Gasteiger partial charge in [-0.25, -0.2) is 0 Å². The third-order valence-electron chi connectivity index (χ3n) is 5.22. The van der Waals surface area contributed by atoms with Gasteiger partial charge in [0.05, 0.1) is 5.56 Å². The molecule has 0 radical (unpaired) electrons. The molecule has 3 rings (SSSR count). The standard InChI is InChI=1S/C18H25N3O3/c22-12-15-11-21(18(24)13-4-1-2-5-13)9-7-16(15)20-17(23)14-6-3-8-19-10-14/h3,6,8,10,13,15-16,22H,1-2,4-5,7,9,11-12H2,(H,20,23)/t15-,16-/m1/s1. The smallest absolute Gasteiger partial charge is 0.253 e. The van der Waals surface area contributed by atoms with E-state index >= 15 is 0 Å². The van der Waals surface area contributed by atoms with Crippen molar-refractivity contribution < 1.29 is 14.7 Å². The van der Waals surface area contributed by atoms with Gasteiger partial charge in [-0.15, -0.1) is 0 Å². The van der Waals surface area contributed by atoms with Crippen LogP contribution in [0.4, 0.5) is 0 Å². The summed E-state index contributed by atoms with van der Waals surface area (Å²) in [5, 5.41) is 12.7. The lowest BCUT2D eigenvalue weighted by atomic mass is 9.91. The Morgan fingerprint density at radius 1 is 1.29 bits per heavy atom. The van der Waals surface area contributed by atoms with Crippen LogP contribution in [-0.4, -0.2) is 52.5 Å². The number of amides is 2. The third-order valence-corrected chi connectivity index (χ3v) is 5.22. The fourth-order valence-electron chi connectivity index (χ4n) is 3.79. The second-order valence-electron chi connectivity index (χ2n) is 6.82. The summed E-state index contributed by atoms with van der Waals surface area (Å²) in [6.45, 7) is 1.13. The fourth-order valence-corrected chi connectivity index (χ4v) is 3.79. The Labute approximate surface area is 142 Å². The van der Waals surface area contributed by atoms with Crippen LogP contribution in [0, 0.1) is 11.8 Å². The molecular weight excluding hydrogens is 306 g/mol. The minimum Gasteiger partial charge on any atom is -0.396 e. The Hall–Kier alpha value is -1.95. The predicted molar refractivity (Wildman–Crippen MR) is 89.2 cm³/mol. The maximum Gasteiger partial charge on any atom is 0.253 e. The minimum atomic E-state index is -0.179. The summed E-state index contributed by atoms with van der Waals surface area (Å²) < 4.78 is 0. The first-order valence-electron chi connectivity index (χ1n) is 8.79. The van der Waals surface area contributed by atoms with Crippen molar-refractivity contribution in [3.8, 4) is 0 Å². The number of nitrogens with one attached hydrogen (secondary N) is 1. The Morgan fingerprint density at radius 2 is 2.08 bits per heavy atom. The van der Waals surface area contributed by atoms with E-state index in [4.69, 9.17) is 0 Å². The summed E-state index contributed by atoms with van der Waals surface area (Å²) >= 11 is 0. The SMILES string of the molecule is O=C(N[C@@H]1CCN(C(=O)C2CCCC2)C[C@@H]1CO)c1cccnc1. The third kappa shape index (κ3) is 3.75. The molecule has 2 aliphatic rings. The predicted octanol–water partition coefficient (Wildman–Crippen LogP) is 1.21. The number of aliphatic hydroxyl groups excluding tert-OH is 1. The van der Waals surface area contributed by atoms with Crippen molar-refractivity contribution in [2.24, 2.45) is 11.8 Å². The molecule has 2 fully saturated rings. The van der Waals surface area contributed by atoms with E-state index in [-0.39, 0.29) is 36.3 Å². The number of hydrogen-bond donors (Lipinski definition) is 2. The number of likely N-dealkylation sites (tertiary alicyclic amines) is 1. The molecule has 0 unspecified atom stereocenters. The van der Waals surface area contributed by atoms with Crippen LogP contribution in [0.2, 0.25) is 0 Å². The van der Waals surface area contributed by atoms with Gasteiger partial charge in [-0.05, 0) is 31.4 Å². The van der Waals surface area contributed by atoms with Crippen LogP contribution >= 0.6 is 0 Å². The minimum absolute atomic E-state index is 0.0353. The van der Waals surface area contributed by atoms with E-state index in [1.54, 1.807) is 18.3 Å². The highest BCUT2D eigenvalue weighted by Crippen LogP contribution is 2.28. The molecule has 130 valence electrons. The summed E-state index contributed by atoms with van der Waals surface area (Å²) in [7, 11) is 0. The molecule has 1 saturated heterocycles. The number of carbonyl (C=O) groups excluding carboxylic acids is 2. The molecule has 2 atom stereocenters. The average molecular weight is 331 g/mol. The largest absolute Gasteiger partial charge is 0.396 e. The molecule has 1 saturated carbocycles. The summed E-state index contributed by atoms with van der Waals surface area (Å²) in [6.07, 6.45) is 8.08. The Kier molecular flexibility index (Phi) is 5.45. The lowest BCUT2D eigenvalue weighted by molar-refractivity contribution is -0.137. The molecule has 1 aliphatic heterocycles. The van der Waals surface area contributed by atoms with E-state index in [0.29, 0.717) is 25.1 Å². The molecule has 0 bridgehead atoms. The molecule has 0 spiro atoms. The molecule has 24 heavy (non-hydrogen) atoms. The number of hydrogen-bond acceptors (Lipinski definition) is 4. The van der Waals surface area contributed by atoms with Crippen molar-refractivity contribution >= 4 is 11.8 Å². The van der Waals surface area contributed by atoms with Crippen molar-refractivity contribution in [2.75, 3.05) is 19.7 Å². The van der Waals surface area contributed by atoms with Crippen molar-refractivity contribution in [2.45, 2.75) is 38.1 Å². The maximum absolute atomic E-state index is 12.6. The van der Waals surface area contributed by atoms with Crippen molar-refractivity contribution in [1.82, 2.24) is 15.2 Å². The zero-order valence-corrected chi connectivity index (χ0v) is 13.9. The normalized spacial score (nSPS) is 24.8. The van der Waals surface area contributed by atoms with E-state index in [1.165, 1.54) is 6.20 Å². The number of pyridine rings is 1. The molecule has 1 aromatic heterocycles. The van der Waals surface area contributed by atoms with Gasteiger partial charge >= 0.3 is 0 Å². The first kappa shape index (κ1) is 16.9. The first-order chi connectivity index (χ1) is 11.7. The van der Waals surface area contributed by atoms with Gasteiger partial charge in [0.15, 0.2) is 0 Å². The topological polar surface area (TPSA) is 82.5 Å². The molecule has 2 N–H and O–H groups in total. The second-order valence-corrected chi connectivity index (χ2v) is 6.82. The van der Waals surface area contributed by atoms with Gasteiger partial charge in [0, 0.05) is 50.0 Å². The Balaban J connectivity index is 1.59. The number of nitrogens with zero attached hydrogens (tertiary/aromatic N) is 2. The molecule has 0 aromatic carbocycles. The van der Waals surface area contributed by atoms with E-state index in [9.17, 15) is 14.7 Å². The molecule has 1 aliphatic carbocycles. The fraction of sp³-hybridized carbons (Fsp3) is 0.611. The zero-order valence-electron chi connectivity index (χ0n) is 13.9. The van der Waals surface area contributed by atoms with Gasteiger partial charge in [0.25, 0.3) is 5.91 Å². The summed E-state index contributed by atoms with van der Waals surface area (Å²) in [6, 6.07) is 3.33. The molecule has 2 amide bonds. The number of carbonyl (C=O) groups is 2. The number of aliphatic hydroxyl groups is 1. The quantitative estimate of drug-likeness (QED) is 0.869. The second kappa shape index (κ2) is 7.75. The Bertz CT molecular complexity index is 572. The molecule has 6 nitrogen and oxygen atoms in total. The van der Waals surface area contributed by atoms with Crippen LogP contribution in [-0.2, 0) is 4.79 Å². The van der Waals surface area contributed by atoms with Gasteiger partial charge in [-0.3, -0.25) is 14.6 Å². The highest BCUT2D eigenvalue weighted by atomic mass is 16.3. The van der Waals surface area contributed by atoms with Crippen LogP contribution in [0.1, 0.15) is 42.5 Å². The number of piperidine rings is 1. The molecule has 2 heterocycles. The number of rotatable bonds is 4. The van der Waals surface area contributed by atoms with Crippen LogP contribution in [0.5, 0.6) is 0 Å². The first-order valence-corrected chi connectivity index (χ1v) is 8.79. The number of aromatic nitrogens is 1. The zero-order chi connectivity index (χ0) is 16.9. The molecule has 6 heteroatoms.